The average molecular weight is 264 g/mol. The first-order chi connectivity index (χ1) is 8.74. The summed E-state index contributed by atoms with van der Waals surface area (Å²) >= 11 is 0. The summed E-state index contributed by atoms with van der Waals surface area (Å²) in [5.41, 5.74) is 2.49. The number of rotatable bonds is 5. The summed E-state index contributed by atoms with van der Waals surface area (Å²) in [7, 11) is 0. The van der Waals surface area contributed by atoms with E-state index in [1.807, 2.05) is 6.92 Å². The van der Waals surface area contributed by atoms with Crippen LogP contribution in [0.5, 0.6) is 5.75 Å². The number of hydrogen-bond acceptors (Lipinski definition) is 2. The molecule has 0 aliphatic heterocycles. The predicted molar refractivity (Wildman–Crippen MR) is 81.0 cm³/mol. The van der Waals surface area contributed by atoms with Crippen LogP contribution in [0.1, 0.15) is 58.6 Å². The lowest BCUT2D eigenvalue weighted by atomic mass is 9.84. The van der Waals surface area contributed by atoms with Gasteiger partial charge in [0.2, 0.25) is 0 Å². The van der Waals surface area contributed by atoms with Gasteiger partial charge in [0.05, 0.1) is 6.61 Å². The molecular weight excluding hydrogens is 236 g/mol. The molecule has 0 spiro atoms. The van der Waals surface area contributed by atoms with Gasteiger partial charge in [0.15, 0.2) is 0 Å². The van der Waals surface area contributed by atoms with Crippen molar-refractivity contribution < 1.29 is 9.84 Å². The second kappa shape index (κ2) is 6.42. The lowest BCUT2D eigenvalue weighted by Gasteiger charge is -2.23. The highest BCUT2D eigenvalue weighted by molar-refractivity contribution is 5.39. The van der Waals surface area contributed by atoms with Crippen LogP contribution in [0.25, 0.3) is 0 Å². The fraction of sp³-hybridized carbons (Fsp3) is 0.647. The molecule has 0 fully saturated rings. The summed E-state index contributed by atoms with van der Waals surface area (Å²) in [5, 5.41) is 9.35. The van der Waals surface area contributed by atoms with Crippen molar-refractivity contribution in [2.45, 2.75) is 52.9 Å². The maximum absolute atomic E-state index is 9.35. The zero-order valence-electron chi connectivity index (χ0n) is 13.2. The minimum absolute atomic E-state index is 0.0845. The lowest BCUT2D eigenvalue weighted by Crippen LogP contribution is -2.13. The van der Waals surface area contributed by atoms with Crippen molar-refractivity contribution in [1.82, 2.24) is 0 Å². The maximum atomic E-state index is 9.35. The van der Waals surface area contributed by atoms with Crippen LogP contribution in [0, 0.1) is 5.92 Å². The number of ether oxygens (including phenoxy) is 1. The van der Waals surface area contributed by atoms with Gasteiger partial charge in [0, 0.05) is 12.5 Å². The molecular formula is C17H28O2. The Labute approximate surface area is 117 Å². The first-order valence-corrected chi connectivity index (χ1v) is 7.13. The van der Waals surface area contributed by atoms with E-state index in [9.17, 15) is 5.11 Å². The third-order valence-corrected chi connectivity index (χ3v) is 3.22. The molecule has 108 valence electrons. The molecule has 0 amide bonds. The van der Waals surface area contributed by atoms with Crippen LogP contribution in [0.3, 0.4) is 0 Å². The second-order valence-electron chi connectivity index (χ2n) is 6.83. The highest BCUT2D eigenvalue weighted by Crippen LogP contribution is 2.30. The zero-order chi connectivity index (χ0) is 14.6. The second-order valence-corrected chi connectivity index (χ2v) is 6.83. The topological polar surface area (TPSA) is 29.5 Å². The molecule has 1 unspecified atom stereocenters. The summed E-state index contributed by atoms with van der Waals surface area (Å²) in [6.07, 6.45) is 0. The number of aliphatic hydroxyl groups excluding tert-OH is 1. The Morgan fingerprint density at radius 2 is 1.74 bits per heavy atom. The minimum Gasteiger partial charge on any atom is -0.493 e. The summed E-state index contributed by atoms with van der Waals surface area (Å²) in [6.45, 7) is 13.8. The van der Waals surface area contributed by atoms with E-state index in [0.29, 0.717) is 5.92 Å². The van der Waals surface area contributed by atoms with E-state index in [1.165, 1.54) is 5.56 Å². The summed E-state index contributed by atoms with van der Waals surface area (Å²) in [4.78, 5) is 0. The molecule has 0 saturated heterocycles. The molecule has 1 aromatic rings. The summed E-state index contributed by atoms with van der Waals surface area (Å²) < 4.78 is 5.86. The Hall–Kier alpha value is -1.02. The Morgan fingerprint density at radius 1 is 1.11 bits per heavy atom. The molecule has 0 aromatic heterocycles. The van der Waals surface area contributed by atoms with Crippen molar-refractivity contribution in [3.05, 3.63) is 29.3 Å². The van der Waals surface area contributed by atoms with E-state index in [1.54, 1.807) is 0 Å². The van der Waals surface area contributed by atoms with E-state index in [0.717, 1.165) is 17.9 Å². The van der Waals surface area contributed by atoms with Crippen LogP contribution in [0.2, 0.25) is 0 Å². The van der Waals surface area contributed by atoms with Crippen molar-refractivity contribution >= 4 is 0 Å². The third-order valence-electron chi connectivity index (χ3n) is 3.22. The number of aliphatic hydroxyl groups is 1. The molecule has 2 nitrogen and oxygen atoms in total. The predicted octanol–water partition coefficient (Wildman–Crippen LogP) is 4.11. The average Bonchev–Trinajstić information content (AvgIpc) is 2.34. The van der Waals surface area contributed by atoms with Gasteiger partial charge in [-0.1, -0.05) is 47.6 Å². The van der Waals surface area contributed by atoms with Crippen LogP contribution >= 0.6 is 0 Å². The van der Waals surface area contributed by atoms with Gasteiger partial charge in [-0.05, 0) is 34.6 Å². The molecule has 2 heteroatoms. The van der Waals surface area contributed by atoms with Gasteiger partial charge in [0.25, 0.3) is 0 Å². The first-order valence-electron chi connectivity index (χ1n) is 7.13. The van der Waals surface area contributed by atoms with Crippen molar-refractivity contribution in [1.29, 1.82) is 0 Å². The molecule has 0 bridgehead atoms. The van der Waals surface area contributed by atoms with Gasteiger partial charge in [-0.15, -0.1) is 0 Å². The summed E-state index contributed by atoms with van der Waals surface area (Å²) in [5.74, 6) is 1.57. The molecule has 1 aromatic carbocycles. The van der Waals surface area contributed by atoms with E-state index in [4.69, 9.17) is 4.74 Å². The van der Waals surface area contributed by atoms with E-state index < -0.39 is 0 Å². The summed E-state index contributed by atoms with van der Waals surface area (Å²) in [6, 6.07) is 6.36. The molecule has 1 atom stereocenters. The van der Waals surface area contributed by atoms with Crippen molar-refractivity contribution in [3.8, 4) is 5.75 Å². The molecule has 0 aliphatic rings. The van der Waals surface area contributed by atoms with E-state index >= 15 is 0 Å². The smallest absolute Gasteiger partial charge is 0.119 e. The van der Waals surface area contributed by atoms with Crippen LogP contribution < -0.4 is 4.74 Å². The van der Waals surface area contributed by atoms with Crippen molar-refractivity contribution in [3.63, 3.8) is 0 Å². The van der Waals surface area contributed by atoms with E-state index in [2.05, 4.69) is 52.8 Å². The Kier molecular flexibility index (Phi) is 5.42. The Bertz CT molecular complexity index is 402. The van der Waals surface area contributed by atoms with Gasteiger partial charge in [-0.3, -0.25) is 0 Å². The molecule has 1 rings (SSSR count). The molecule has 1 N–H and O–H groups in total. The largest absolute Gasteiger partial charge is 0.493 e. The van der Waals surface area contributed by atoms with Crippen molar-refractivity contribution in [2.24, 2.45) is 5.92 Å². The highest BCUT2D eigenvalue weighted by Gasteiger charge is 2.17. The van der Waals surface area contributed by atoms with E-state index in [-0.39, 0.29) is 17.9 Å². The SMILES string of the molecule is CC(C)COc1cc(C(C)CO)cc(C(C)(C)C)c1. The zero-order valence-corrected chi connectivity index (χ0v) is 13.2. The standard InChI is InChI=1S/C17H28O2/c1-12(2)11-19-16-8-14(13(3)10-18)7-15(9-16)17(4,5)6/h7-9,12-13,18H,10-11H2,1-6H3. The maximum Gasteiger partial charge on any atom is 0.119 e. The van der Waals surface area contributed by atoms with Crippen LogP contribution in [-0.4, -0.2) is 18.3 Å². The molecule has 0 heterocycles. The van der Waals surface area contributed by atoms with Gasteiger partial charge >= 0.3 is 0 Å². The third kappa shape index (κ3) is 4.87. The fourth-order valence-electron chi connectivity index (χ4n) is 1.79. The normalized spacial score (nSPS) is 13.7. The highest BCUT2D eigenvalue weighted by atomic mass is 16.5. The molecule has 0 radical (unpaired) electrons. The molecule has 19 heavy (non-hydrogen) atoms. The fourth-order valence-corrected chi connectivity index (χ4v) is 1.79. The quantitative estimate of drug-likeness (QED) is 0.867. The Morgan fingerprint density at radius 3 is 2.21 bits per heavy atom. The van der Waals surface area contributed by atoms with Crippen molar-refractivity contribution in [2.75, 3.05) is 13.2 Å². The molecule has 0 aliphatic carbocycles. The minimum atomic E-state index is 0.0845. The first kappa shape index (κ1) is 16.0. The van der Waals surface area contributed by atoms with Gasteiger partial charge < -0.3 is 9.84 Å². The van der Waals surface area contributed by atoms with Gasteiger partial charge in [0.1, 0.15) is 5.75 Å². The van der Waals surface area contributed by atoms with Crippen LogP contribution in [0.4, 0.5) is 0 Å². The Balaban J connectivity index is 3.09. The van der Waals surface area contributed by atoms with Crippen LogP contribution in [-0.2, 0) is 5.41 Å². The van der Waals surface area contributed by atoms with Gasteiger partial charge in [-0.25, -0.2) is 0 Å². The number of hydrogen-bond donors (Lipinski definition) is 1. The monoisotopic (exact) mass is 264 g/mol. The molecule has 0 saturated carbocycles. The number of benzene rings is 1. The van der Waals surface area contributed by atoms with Crippen LogP contribution in [0.15, 0.2) is 18.2 Å². The van der Waals surface area contributed by atoms with Gasteiger partial charge in [-0.2, -0.15) is 0 Å². The lowest BCUT2D eigenvalue weighted by molar-refractivity contribution is 0.265.